The van der Waals surface area contributed by atoms with Gasteiger partial charge in [-0.1, -0.05) is 24.3 Å². The summed E-state index contributed by atoms with van der Waals surface area (Å²) in [6.45, 7) is 2.38. The van der Waals surface area contributed by atoms with E-state index < -0.39 is 16.7 Å². The molecule has 1 aliphatic rings. The number of nitro groups is 1. The first-order valence-electron chi connectivity index (χ1n) is 10.1. The SMILES string of the molecule is CCN(C1=C(c2ccc([N+](=O)[O-])cc2)C(=O)N(Cc2ccccn2)C1=O)c1ccccc1. The van der Waals surface area contributed by atoms with Gasteiger partial charge in [0.2, 0.25) is 0 Å². The highest BCUT2D eigenvalue weighted by molar-refractivity contribution is 6.36. The number of aromatic nitrogens is 1. The molecule has 2 amide bonds. The van der Waals surface area contributed by atoms with Crippen molar-refractivity contribution in [3.05, 3.63) is 106 Å². The van der Waals surface area contributed by atoms with Gasteiger partial charge in [0, 0.05) is 30.6 Å². The number of nitro benzene ring substituents is 1. The van der Waals surface area contributed by atoms with E-state index >= 15 is 0 Å². The Morgan fingerprint density at radius 2 is 1.62 bits per heavy atom. The summed E-state index contributed by atoms with van der Waals surface area (Å²) in [4.78, 5) is 44.7. The van der Waals surface area contributed by atoms with Crippen molar-refractivity contribution in [2.75, 3.05) is 11.4 Å². The molecule has 1 aliphatic heterocycles. The van der Waals surface area contributed by atoms with Gasteiger partial charge >= 0.3 is 0 Å². The third-order valence-corrected chi connectivity index (χ3v) is 5.21. The molecule has 0 saturated heterocycles. The highest BCUT2D eigenvalue weighted by Crippen LogP contribution is 2.35. The summed E-state index contributed by atoms with van der Waals surface area (Å²) in [6, 6.07) is 20.3. The van der Waals surface area contributed by atoms with Gasteiger partial charge in [-0.25, -0.2) is 0 Å². The average molecular weight is 428 g/mol. The van der Waals surface area contributed by atoms with Crippen LogP contribution in [0, 0.1) is 10.1 Å². The zero-order valence-electron chi connectivity index (χ0n) is 17.3. The Hall–Kier alpha value is -4.33. The summed E-state index contributed by atoms with van der Waals surface area (Å²) >= 11 is 0. The van der Waals surface area contributed by atoms with E-state index in [-0.39, 0.29) is 23.5 Å². The minimum absolute atomic E-state index is 0.0326. The molecule has 0 bridgehead atoms. The summed E-state index contributed by atoms with van der Waals surface area (Å²) in [5.74, 6) is -0.890. The van der Waals surface area contributed by atoms with Gasteiger partial charge in [-0.15, -0.1) is 0 Å². The van der Waals surface area contributed by atoms with E-state index in [2.05, 4.69) is 4.98 Å². The zero-order valence-corrected chi connectivity index (χ0v) is 17.3. The van der Waals surface area contributed by atoms with Crippen molar-refractivity contribution < 1.29 is 14.5 Å². The van der Waals surface area contributed by atoms with E-state index in [1.54, 1.807) is 29.3 Å². The van der Waals surface area contributed by atoms with Gasteiger partial charge in [0.05, 0.1) is 22.7 Å². The van der Waals surface area contributed by atoms with Crippen LogP contribution in [0.3, 0.4) is 0 Å². The van der Waals surface area contributed by atoms with E-state index in [9.17, 15) is 19.7 Å². The number of pyridine rings is 1. The standard InChI is InChI=1S/C24H20N4O4/c1-2-26(19-9-4-3-5-10-19)22-21(17-11-13-20(14-12-17)28(31)32)23(29)27(24(22)30)16-18-8-6-7-15-25-18/h3-15H,2,16H2,1H3. The lowest BCUT2D eigenvalue weighted by Gasteiger charge is -2.24. The first-order chi connectivity index (χ1) is 15.5. The smallest absolute Gasteiger partial charge is 0.278 e. The topological polar surface area (TPSA) is 96.7 Å². The van der Waals surface area contributed by atoms with Crippen LogP contribution >= 0.6 is 0 Å². The number of hydrogen-bond donors (Lipinski definition) is 0. The van der Waals surface area contributed by atoms with Gasteiger partial charge in [0.1, 0.15) is 5.70 Å². The van der Waals surface area contributed by atoms with Crippen molar-refractivity contribution in [3.63, 3.8) is 0 Å². The molecule has 0 atom stereocenters. The lowest BCUT2D eigenvalue weighted by atomic mass is 10.0. The molecule has 1 aromatic heterocycles. The maximum Gasteiger partial charge on any atom is 0.278 e. The predicted molar refractivity (Wildman–Crippen MR) is 119 cm³/mol. The third-order valence-electron chi connectivity index (χ3n) is 5.21. The monoisotopic (exact) mass is 428 g/mol. The maximum absolute atomic E-state index is 13.5. The molecule has 8 heteroatoms. The predicted octanol–water partition coefficient (Wildman–Crippen LogP) is 3.80. The number of nitrogens with zero attached hydrogens (tertiary/aromatic N) is 4. The summed E-state index contributed by atoms with van der Waals surface area (Å²) in [7, 11) is 0. The Balaban J connectivity index is 1.82. The number of para-hydroxylation sites is 1. The normalized spacial score (nSPS) is 13.6. The maximum atomic E-state index is 13.5. The van der Waals surface area contributed by atoms with Gasteiger partial charge in [0.25, 0.3) is 17.5 Å². The van der Waals surface area contributed by atoms with Crippen LogP contribution in [-0.4, -0.2) is 33.2 Å². The molecule has 3 aromatic rings. The van der Waals surface area contributed by atoms with Crippen LogP contribution in [0.1, 0.15) is 18.2 Å². The van der Waals surface area contributed by atoms with E-state index in [4.69, 9.17) is 0 Å². The largest absolute Gasteiger partial charge is 0.337 e. The van der Waals surface area contributed by atoms with Crippen molar-refractivity contribution in [2.24, 2.45) is 0 Å². The Bertz CT molecular complexity index is 1190. The van der Waals surface area contributed by atoms with E-state index in [0.29, 0.717) is 17.8 Å². The average Bonchev–Trinajstić information content (AvgIpc) is 3.06. The van der Waals surface area contributed by atoms with Gasteiger partial charge in [-0.3, -0.25) is 29.6 Å². The van der Waals surface area contributed by atoms with Crippen molar-refractivity contribution in [1.29, 1.82) is 0 Å². The lowest BCUT2D eigenvalue weighted by molar-refractivity contribution is -0.384. The van der Waals surface area contributed by atoms with Gasteiger partial charge < -0.3 is 4.90 Å². The molecule has 0 fully saturated rings. The Morgan fingerprint density at radius 1 is 0.938 bits per heavy atom. The minimum Gasteiger partial charge on any atom is -0.337 e. The van der Waals surface area contributed by atoms with Crippen molar-refractivity contribution in [2.45, 2.75) is 13.5 Å². The Kier molecular flexibility index (Phi) is 5.76. The molecule has 2 heterocycles. The molecule has 0 saturated carbocycles. The zero-order chi connectivity index (χ0) is 22.7. The fraction of sp³-hybridized carbons (Fsp3) is 0.125. The van der Waals surface area contributed by atoms with Crippen molar-refractivity contribution in [1.82, 2.24) is 9.88 Å². The first-order valence-corrected chi connectivity index (χ1v) is 10.1. The van der Waals surface area contributed by atoms with E-state index in [1.165, 1.54) is 29.2 Å². The van der Waals surface area contributed by atoms with E-state index in [0.717, 1.165) is 5.69 Å². The Morgan fingerprint density at radius 3 is 2.22 bits per heavy atom. The second kappa shape index (κ2) is 8.81. The first kappa shape index (κ1) is 20.9. The number of benzene rings is 2. The van der Waals surface area contributed by atoms with Crippen LogP contribution in [0.2, 0.25) is 0 Å². The van der Waals surface area contributed by atoms with Gasteiger partial charge in [0.15, 0.2) is 0 Å². The number of carbonyl (C=O) groups excluding carboxylic acids is 2. The number of anilines is 1. The molecule has 0 unspecified atom stereocenters. The number of imide groups is 1. The molecule has 0 N–H and O–H groups in total. The van der Waals surface area contributed by atoms with Crippen LogP contribution in [0.25, 0.3) is 5.57 Å². The van der Waals surface area contributed by atoms with Crippen molar-refractivity contribution in [3.8, 4) is 0 Å². The highest BCUT2D eigenvalue weighted by atomic mass is 16.6. The molecule has 160 valence electrons. The van der Waals surface area contributed by atoms with Crippen LogP contribution < -0.4 is 4.90 Å². The molecule has 2 aromatic carbocycles. The summed E-state index contributed by atoms with van der Waals surface area (Å²) < 4.78 is 0. The van der Waals surface area contributed by atoms with Crippen molar-refractivity contribution >= 4 is 28.8 Å². The van der Waals surface area contributed by atoms with Gasteiger partial charge in [-0.2, -0.15) is 0 Å². The molecule has 0 spiro atoms. The molecular formula is C24H20N4O4. The van der Waals surface area contributed by atoms with Gasteiger partial charge in [-0.05, 0) is 48.9 Å². The van der Waals surface area contributed by atoms with Crippen LogP contribution in [0.5, 0.6) is 0 Å². The van der Waals surface area contributed by atoms with Crippen LogP contribution in [-0.2, 0) is 16.1 Å². The summed E-state index contributed by atoms with van der Waals surface area (Å²) in [5, 5.41) is 11.1. The second-order valence-corrected chi connectivity index (χ2v) is 7.12. The summed E-state index contributed by atoms with van der Waals surface area (Å²) in [5.41, 5.74) is 2.17. The number of hydrogen-bond acceptors (Lipinski definition) is 6. The number of amides is 2. The minimum atomic E-state index is -0.504. The second-order valence-electron chi connectivity index (χ2n) is 7.12. The molecule has 8 nitrogen and oxygen atoms in total. The third kappa shape index (κ3) is 3.85. The Labute approximate surface area is 184 Å². The molecule has 0 aliphatic carbocycles. The number of likely N-dealkylation sites (N-methyl/N-ethyl adjacent to an activating group) is 1. The fourth-order valence-electron chi connectivity index (χ4n) is 3.70. The number of rotatable bonds is 7. The quantitative estimate of drug-likeness (QED) is 0.323. The van der Waals surface area contributed by atoms with Crippen LogP contribution in [0.15, 0.2) is 84.7 Å². The number of carbonyl (C=O) groups is 2. The van der Waals surface area contributed by atoms with Crippen LogP contribution in [0.4, 0.5) is 11.4 Å². The highest BCUT2D eigenvalue weighted by Gasteiger charge is 2.41. The number of non-ortho nitro benzene ring substituents is 1. The lowest BCUT2D eigenvalue weighted by Crippen LogP contribution is -2.35. The molecule has 0 radical (unpaired) electrons. The molecular weight excluding hydrogens is 408 g/mol. The molecule has 4 rings (SSSR count). The summed E-state index contributed by atoms with van der Waals surface area (Å²) in [6.07, 6.45) is 1.61. The fourth-order valence-corrected chi connectivity index (χ4v) is 3.70. The van der Waals surface area contributed by atoms with E-state index in [1.807, 2.05) is 37.3 Å². The molecule has 32 heavy (non-hydrogen) atoms.